The number of nitrogens with zero attached hydrogens (tertiary/aromatic N) is 3. The molecule has 2 aromatic rings. The number of rotatable bonds is 2. The number of hydrogen-bond donors (Lipinski definition) is 1. The molecule has 6 heteroatoms. The van der Waals surface area contributed by atoms with Crippen LogP contribution in [-0.4, -0.2) is 14.8 Å². The zero-order valence-corrected chi connectivity index (χ0v) is 13.5. The van der Waals surface area contributed by atoms with Crippen LogP contribution in [0.1, 0.15) is 26.6 Å². The molecule has 0 aliphatic carbocycles. The van der Waals surface area contributed by atoms with Gasteiger partial charge in [-0.05, 0) is 54.9 Å². The van der Waals surface area contributed by atoms with Crippen molar-refractivity contribution in [1.82, 2.24) is 14.8 Å². The fourth-order valence-electron chi connectivity index (χ4n) is 1.98. The highest BCUT2D eigenvalue weighted by atomic mass is 79.9. The summed E-state index contributed by atoms with van der Waals surface area (Å²) < 4.78 is 2.90. The van der Waals surface area contributed by atoms with Gasteiger partial charge in [-0.3, -0.25) is 0 Å². The van der Waals surface area contributed by atoms with Crippen molar-refractivity contribution in [1.29, 1.82) is 0 Å². The van der Waals surface area contributed by atoms with Crippen molar-refractivity contribution in [3.05, 3.63) is 33.5 Å². The van der Waals surface area contributed by atoms with Crippen LogP contribution in [0, 0.1) is 0 Å². The average Bonchev–Trinajstić information content (AvgIpc) is 2.76. The second-order valence-electron chi connectivity index (χ2n) is 5.28. The van der Waals surface area contributed by atoms with Gasteiger partial charge in [0.1, 0.15) is 5.82 Å². The van der Waals surface area contributed by atoms with Crippen LogP contribution in [0.3, 0.4) is 0 Å². The maximum absolute atomic E-state index is 6.02. The Balaban J connectivity index is 2.62. The van der Waals surface area contributed by atoms with Gasteiger partial charge in [0.2, 0.25) is 0 Å². The SMILES string of the molecule is CC(C)(C)n1c(CN)nnc1-c1ccc(Cl)c(Br)c1. The van der Waals surface area contributed by atoms with E-state index in [1.54, 1.807) is 0 Å². The summed E-state index contributed by atoms with van der Waals surface area (Å²) in [7, 11) is 0. The van der Waals surface area contributed by atoms with E-state index in [1.807, 2.05) is 18.2 Å². The van der Waals surface area contributed by atoms with Crippen LogP contribution in [-0.2, 0) is 12.1 Å². The summed E-state index contributed by atoms with van der Waals surface area (Å²) in [5, 5.41) is 9.10. The first-order valence-electron chi connectivity index (χ1n) is 5.95. The Morgan fingerprint density at radius 3 is 2.53 bits per heavy atom. The predicted octanol–water partition coefficient (Wildman–Crippen LogP) is 3.57. The topological polar surface area (TPSA) is 56.7 Å². The summed E-state index contributed by atoms with van der Waals surface area (Å²) in [6.45, 7) is 6.66. The molecule has 0 saturated heterocycles. The average molecular weight is 344 g/mol. The second kappa shape index (κ2) is 5.23. The molecule has 2 rings (SSSR count). The summed E-state index contributed by atoms with van der Waals surface area (Å²) in [5.74, 6) is 1.57. The van der Waals surface area contributed by atoms with Crippen LogP contribution in [0.4, 0.5) is 0 Å². The van der Waals surface area contributed by atoms with Crippen LogP contribution in [0.25, 0.3) is 11.4 Å². The third kappa shape index (κ3) is 2.83. The molecule has 102 valence electrons. The third-order valence-corrected chi connectivity index (χ3v) is 3.98. The van der Waals surface area contributed by atoms with Crippen LogP contribution in [0.5, 0.6) is 0 Å². The summed E-state index contributed by atoms with van der Waals surface area (Å²) in [6.07, 6.45) is 0. The molecule has 0 atom stereocenters. The van der Waals surface area contributed by atoms with Crippen molar-refractivity contribution in [2.45, 2.75) is 32.9 Å². The standard InChI is InChI=1S/C13H16BrClN4/c1-13(2,3)19-11(7-16)17-18-12(19)8-4-5-10(15)9(14)6-8/h4-6H,7,16H2,1-3H3. The van der Waals surface area contributed by atoms with Crippen molar-refractivity contribution in [3.8, 4) is 11.4 Å². The smallest absolute Gasteiger partial charge is 0.164 e. The van der Waals surface area contributed by atoms with Gasteiger partial charge >= 0.3 is 0 Å². The first-order chi connectivity index (χ1) is 8.84. The van der Waals surface area contributed by atoms with Crippen LogP contribution in [0.15, 0.2) is 22.7 Å². The van der Waals surface area contributed by atoms with Gasteiger partial charge in [0.15, 0.2) is 5.82 Å². The minimum atomic E-state index is -0.139. The van der Waals surface area contributed by atoms with Crippen LogP contribution >= 0.6 is 27.5 Å². The Labute approximate surface area is 126 Å². The minimum Gasteiger partial charge on any atom is -0.324 e. The molecule has 4 nitrogen and oxygen atoms in total. The maximum Gasteiger partial charge on any atom is 0.164 e. The Bertz CT molecular complexity index is 601. The lowest BCUT2D eigenvalue weighted by Crippen LogP contribution is -2.26. The predicted molar refractivity (Wildman–Crippen MR) is 81.1 cm³/mol. The fourth-order valence-corrected chi connectivity index (χ4v) is 2.47. The van der Waals surface area contributed by atoms with Crippen molar-refractivity contribution >= 4 is 27.5 Å². The van der Waals surface area contributed by atoms with Gasteiger partial charge in [-0.25, -0.2) is 0 Å². The lowest BCUT2D eigenvalue weighted by molar-refractivity contribution is 0.386. The first kappa shape index (κ1) is 14.5. The minimum absolute atomic E-state index is 0.139. The molecule has 0 fully saturated rings. The first-order valence-corrected chi connectivity index (χ1v) is 7.12. The maximum atomic E-state index is 6.02. The van der Waals surface area contributed by atoms with Crippen molar-refractivity contribution in [2.24, 2.45) is 5.73 Å². The van der Waals surface area contributed by atoms with E-state index >= 15 is 0 Å². The van der Waals surface area contributed by atoms with Crippen molar-refractivity contribution in [2.75, 3.05) is 0 Å². The second-order valence-corrected chi connectivity index (χ2v) is 6.54. The highest BCUT2D eigenvalue weighted by molar-refractivity contribution is 9.10. The molecule has 0 saturated carbocycles. The molecule has 0 amide bonds. The molecule has 19 heavy (non-hydrogen) atoms. The van der Waals surface area contributed by atoms with Crippen LogP contribution < -0.4 is 5.73 Å². The Kier molecular flexibility index (Phi) is 3.99. The monoisotopic (exact) mass is 342 g/mol. The van der Waals surface area contributed by atoms with Gasteiger partial charge in [0, 0.05) is 15.6 Å². The van der Waals surface area contributed by atoms with E-state index in [9.17, 15) is 0 Å². The number of halogens is 2. The Morgan fingerprint density at radius 1 is 1.32 bits per heavy atom. The molecule has 2 N–H and O–H groups in total. The van der Waals surface area contributed by atoms with E-state index in [4.69, 9.17) is 17.3 Å². The van der Waals surface area contributed by atoms with Gasteiger partial charge in [0.05, 0.1) is 11.6 Å². The van der Waals surface area contributed by atoms with E-state index < -0.39 is 0 Å². The Hall–Kier alpha value is -0.910. The molecule has 1 aromatic heterocycles. The van der Waals surface area contributed by atoms with E-state index in [0.717, 1.165) is 21.7 Å². The van der Waals surface area contributed by atoms with Gasteiger partial charge in [0.25, 0.3) is 0 Å². The Morgan fingerprint density at radius 2 is 2.00 bits per heavy atom. The molecular formula is C13H16BrClN4. The highest BCUT2D eigenvalue weighted by Gasteiger charge is 2.23. The fraction of sp³-hybridized carbons (Fsp3) is 0.385. The molecule has 0 spiro atoms. The summed E-state index contributed by atoms with van der Waals surface area (Å²) in [6, 6.07) is 5.71. The number of hydrogen-bond acceptors (Lipinski definition) is 3. The molecule has 1 heterocycles. The number of benzene rings is 1. The molecule has 0 radical (unpaired) electrons. The van der Waals surface area contributed by atoms with E-state index in [1.165, 1.54) is 0 Å². The lowest BCUT2D eigenvalue weighted by atomic mass is 10.1. The van der Waals surface area contributed by atoms with Gasteiger partial charge in [-0.1, -0.05) is 11.6 Å². The summed E-state index contributed by atoms with van der Waals surface area (Å²) in [4.78, 5) is 0. The molecule has 0 unspecified atom stereocenters. The van der Waals surface area contributed by atoms with Gasteiger partial charge < -0.3 is 10.3 Å². The van der Waals surface area contributed by atoms with Crippen LogP contribution in [0.2, 0.25) is 5.02 Å². The molecular weight excluding hydrogens is 328 g/mol. The summed E-state index contributed by atoms with van der Waals surface area (Å²) in [5.41, 5.74) is 6.56. The number of aromatic nitrogens is 3. The van der Waals surface area contributed by atoms with Gasteiger partial charge in [-0.2, -0.15) is 0 Å². The largest absolute Gasteiger partial charge is 0.324 e. The molecule has 1 aromatic carbocycles. The zero-order chi connectivity index (χ0) is 14.2. The lowest BCUT2D eigenvalue weighted by Gasteiger charge is -2.24. The van der Waals surface area contributed by atoms with E-state index in [0.29, 0.717) is 11.6 Å². The summed E-state index contributed by atoms with van der Waals surface area (Å²) >= 11 is 9.45. The molecule has 0 aliphatic rings. The normalized spacial score (nSPS) is 11.9. The molecule has 0 aliphatic heterocycles. The quantitative estimate of drug-likeness (QED) is 0.907. The van der Waals surface area contributed by atoms with Gasteiger partial charge in [-0.15, -0.1) is 10.2 Å². The van der Waals surface area contributed by atoms with Crippen molar-refractivity contribution < 1.29 is 0 Å². The van der Waals surface area contributed by atoms with E-state index in [2.05, 4.69) is 51.5 Å². The highest BCUT2D eigenvalue weighted by Crippen LogP contribution is 2.30. The third-order valence-electron chi connectivity index (χ3n) is 2.76. The zero-order valence-electron chi connectivity index (χ0n) is 11.1. The molecule has 0 bridgehead atoms. The number of nitrogens with two attached hydrogens (primary N) is 1. The van der Waals surface area contributed by atoms with E-state index in [-0.39, 0.29) is 5.54 Å². The van der Waals surface area contributed by atoms with Crippen molar-refractivity contribution in [3.63, 3.8) is 0 Å².